The first-order valence-electron chi connectivity index (χ1n) is 9.40. The van der Waals surface area contributed by atoms with Gasteiger partial charge in [-0.3, -0.25) is 19.3 Å². The van der Waals surface area contributed by atoms with Crippen molar-refractivity contribution >= 4 is 29.3 Å². The second kappa shape index (κ2) is 6.89. The molecule has 7 nitrogen and oxygen atoms in total. The Morgan fingerprint density at radius 2 is 1.82 bits per heavy atom. The summed E-state index contributed by atoms with van der Waals surface area (Å²) in [5.74, 6) is -2.42. The highest BCUT2D eigenvalue weighted by Crippen LogP contribution is 2.44. The van der Waals surface area contributed by atoms with Crippen molar-refractivity contribution in [1.29, 1.82) is 0 Å². The molecule has 0 bridgehead atoms. The highest BCUT2D eigenvalue weighted by Gasteiger charge is 2.55. The third-order valence-corrected chi connectivity index (χ3v) is 6.07. The number of nitrogens with zero attached hydrogens (tertiary/aromatic N) is 2. The number of benzene rings is 1. The molecule has 2 fully saturated rings. The fraction of sp³-hybridized carbons (Fsp3) is 0.429. The van der Waals surface area contributed by atoms with Crippen molar-refractivity contribution in [2.24, 2.45) is 11.8 Å². The number of likely N-dealkylation sites (tertiary alicyclic amines) is 2. The molecule has 3 aliphatic rings. The number of fused-ring (bicyclic) bond motifs is 1. The van der Waals surface area contributed by atoms with Crippen LogP contribution < -0.4 is 0 Å². The van der Waals surface area contributed by atoms with Gasteiger partial charge in [0.15, 0.2) is 0 Å². The number of allylic oxidation sites excluding steroid dienone is 1. The van der Waals surface area contributed by atoms with Gasteiger partial charge in [0.05, 0.1) is 25.0 Å². The lowest BCUT2D eigenvalue weighted by atomic mass is 9.75. The number of ether oxygens (including phenoxy) is 1. The summed E-state index contributed by atoms with van der Waals surface area (Å²) < 4.78 is 4.88. The Morgan fingerprint density at radius 1 is 1.11 bits per heavy atom. The molecule has 2 heterocycles. The van der Waals surface area contributed by atoms with Crippen molar-refractivity contribution in [3.63, 3.8) is 0 Å². The lowest BCUT2D eigenvalue weighted by Crippen LogP contribution is -2.52. The minimum atomic E-state index is -0.733. The lowest BCUT2D eigenvalue weighted by Gasteiger charge is -2.38. The second-order valence-corrected chi connectivity index (χ2v) is 7.50. The molecule has 0 spiro atoms. The molecule has 4 atom stereocenters. The number of carbonyl (C=O) groups excluding carboxylic acids is 4. The fourth-order valence-electron chi connectivity index (χ4n) is 4.68. The molecule has 0 saturated carbocycles. The molecule has 0 aromatic heterocycles. The Balaban J connectivity index is 1.81. The van der Waals surface area contributed by atoms with E-state index in [0.717, 1.165) is 16.0 Å². The second-order valence-electron chi connectivity index (χ2n) is 7.50. The standard InChI is InChI=1S/C21H22N2O5/c1-22-19(25)14-10-13(12-6-4-3-5-7-12)11-16(18(14)20(22)26)23-15(21(27)28-2)8-9-17(23)24/h3-7,11,14-16,18H,8-10H2,1-2H3/t14-,15-,16+,18-/m0/s1. The largest absolute Gasteiger partial charge is 0.467 e. The third kappa shape index (κ3) is 2.73. The van der Waals surface area contributed by atoms with Crippen LogP contribution in [-0.4, -0.2) is 59.7 Å². The molecule has 1 aromatic rings. The maximum absolute atomic E-state index is 12.8. The number of methoxy groups -OCH3 is 1. The Hall–Kier alpha value is -2.96. The first kappa shape index (κ1) is 18.4. The first-order valence-corrected chi connectivity index (χ1v) is 9.40. The van der Waals surface area contributed by atoms with Crippen LogP contribution in [0.5, 0.6) is 0 Å². The van der Waals surface area contributed by atoms with Crippen molar-refractivity contribution in [1.82, 2.24) is 9.80 Å². The van der Waals surface area contributed by atoms with Crippen LogP contribution in [0.4, 0.5) is 0 Å². The summed E-state index contributed by atoms with van der Waals surface area (Å²) in [5, 5.41) is 0. The third-order valence-electron chi connectivity index (χ3n) is 6.07. The monoisotopic (exact) mass is 382 g/mol. The highest BCUT2D eigenvalue weighted by molar-refractivity contribution is 6.07. The highest BCUT2D eigenvalue weighted by atomic mass is 16.5. The summed E-state index contributed by atoms with van der Waals surface area (Å²) in [5.41, 5.74) is 1.86. The van der Waals surface area contributed by atoms with Gasteiger partial charge in [-0.1, -0.05) is 36.4 Å². The minimum Gasteiger partial charge on any atom is -0.467 e. The molecule has 2 aliphatic heterocycles. The Kier molecular flexibility index (Phi) is 4.53. The van der Waals surface area contributed by atoms with E-state index in [0.29, 0.717) is 12.8 Å². The number of carbonyl (C=O) groups is 4. The number of amides is 3. The quantitative estimate of drug-likeness (QED) is 0.580. The molecule has 146 valence electrons. The molecule has 7 heteroatoms. The molecule has 0 unspecified atom stereocenters. The predicted molar refractivity (Wildman–Crippen MR) is 99.5 cm³/mol. The van der Waals surface area contributed by atoms with E-state index in [-0.39, 0.29) is 24.1 Å². The van der Waals surface area contributed by atoms with Crippen LogP contribution in [0.1, 0.15) is 24.8 Å². The average Bonchev–Trinajstić information content (AvgIpc) is 3.21. The van der Waals surface area contributed by atoms with Crippen molar-refractivity contribution in [2.75, 3.05) is 14.2 Å². The molecule has 0 N–H and O–H groups in total. The molecular formula is C21H22N2O5. The van der Waals surface area contributed by atoms with Crippen LogP contribution in [0.3, 0.4) is 0 Å². The summed E-state index contributed by atoms with van der Waals surface area (Å²) in [6.07, 6.45) is 2.90. The number of imide groups is 1. The van der Waals surface area contributed by atoms with Gasteiger partial charge in [0.1, 0.15) is 6.04 Å². The van der Waals surface area contributed by atoms with Crippen LogP contribution in [0.25, 0.3) is 5.57 Å². The normalized spacial score (nSPS) is 29.8. The number of rotatable bonds is 3. The molecule has 2 saturated heterocycles. The van der Waals surface area contributed by atoms with Crippen molar-refractivity contribution in [3.05, 3.63) is 42.0 Å². The SMILES string of the molecule is COC(=O)[C@@H]1CCC(=O)N1[C@@H]1C=C(c2ccccc2)C[C@@H]2C(=O)N(C)C(=O)[C@@H]21. The van der Waals surface area contributed by atoms with E-state index < -0.39 is 29.9 Å². The molecule has 0 radical (unpaired) electrons. The number of hydrogen-bond donors (Lipinski definition) is 0. The maximum Gasteiger partial charge on any atom is 0.328 e. The molecule has 4 rings (SSSR count). The minimum absolute atomic E-state index is 0.195. The van der Waals surface area contributed by atoms with Crippen LogP contribution >= 0.6 is 0 Å². The van der Waals surface area contributed by atoms with E-state index >= 15 is 0 Å². The van der Waals surface area contributed by atoms with Gasteiger partial charge in [-0.2, -0.15) is 0 Å². The zero-order valence-electron chi connectivity index (χ0n) is 15.8. The van der Waals surface area contributed by atoms with E-state index in [1.807, 2.05) is 36.4 Å². The Labute approximate surface area is 162 Å². The van der Waals surface area contributed by atoms with E-state index in [4.69, 9.17) is 4.74 Å². The van der Waals surface area contributed by atoms with Gasteiger partial charge in [-0.05, 0) is 24.0 Å². The number of esters is 1. The van der Waals surface area contributed by atoms with Crippen LogP contribution in [-0.2, 0) is 23.9 Å². The van der Waals surface area contributed by atoms with Crippen molar-refractivity contribution in [3.8, 4) is 0 Å². The van der Waals surface area contributed by atoms with E-state index in [1.165, 1.54) is 19.1 Å². The van der Waals surface area contributed by atoms with E-state index in [2.05, 4.69) is 0 Å². The summed E-state index contributed by atoms with van der Waals surface area (Å²) in [6, 6.07) is 8.22. The lowest BCUT2D eigenvalue weighted by molar-refractivity contribution is -0.152. The van der Waals surface area contributed by atoms with Crippen LogP contribution in [0.15, 0.2) is 36.4 Å². The smallest absolute Gasteiger partial charge is 0.328 e. The summed E-state index contributed by atoms with van der Waals surface area (Å²) in [7, 11) is 2.77. The van der Waals surface area contributed by atoms with Crippen molar-refractivity contribution < 1.29 is 23.9 Å². The maximum atomic E-state index is 12.8. The van der Waals surface area contributed by atoms with Gasteiger partial charge in [-0.15, -0.1) is 0 Å². The first-order chi connectivity index (χ1) is 13.4. The van der Waals surface area contributed by atoms with Gasteiger partial charge in [-0.25, -0.2) is 4.79 Å². The van der Waals surface area contributed by atoms with Gasteiger partial charge in [0.2, 0.25) is 17.7 Å². The van der Waals surface area contributed by atoms with Crippen LogP contribution in [0, 0.1) is 11.8 Å². The Bertz CT molecular complexity index is 878. The van der Waals surface area contributed by atoms with Gasteiger partial charge >= 0.3 is 5.97 Å². The zero-order chi connectivity index (χ0) is 20.0. The summed E-state index contributed by atoms with van der Waals surface area (Å²) >= 11 is 0. The van der Waals surface area contributed by atoms with Gasteiger partial charge in [0.25, 0.3) is 0 Å². The molecular weight excluding hydrogens is 360 g/mol. The van der Waals surface area contributed by atoms with Crippen LogP contribution in [0.2, 0.25) is 0 Å². The molecule has 3 amide bonds. The molecule has 1 aliphatic carbocycles. The fourth-order valence-corrected chi connectivity index (χ4v) is 4.68. The number of hydrogen-bond acceptors (Lipinski definition) is 5. The predicted octanol–water partition coefficient (Wildman–Crippen LogP) is 1.24. The Morgan fingerprint density at radius 3 is 2.50 bits per heavy atom. The van der Waals surface area contributed by atoms with Gasteiger partial charge in [0, 0.05) is 13.5 Å². The van der Waals surface area contributed by atoms with E-state index in [1.54, 1.807) is 0 Å². The zero-order valence-corrected chi connectivity index (χ0v) is 15.8. The molecule has 1 aromatic carbocycles. The molecule has 28 heavy (non-hydrogen) atoms. The topological polar surface area (TPSA) is 84.0 Å². The summed E-state index contributed by atoms with van der Waals surface area (Å²) in [4.78, 5) is 53.1. The van der Waals surface area contributed by atoms with Gasteiger partial charge < -0.3 is 9.64 Å². The van der Waals surface area contributed by atoms with Crippen molar-refractivity contribution in [2.45, 2.75) is 31.3 Å². The average molecular weight is 382 g/mol. The van der Waals surface area contributed by atoms with E-state index in [9.17, 15) is 19.2 Å². The summed E-state index contributed by atoms with van der Waals surface area (Å²) in [6.45, 7) is 0.